The molecule has 5 rings (SSSR count). The molecule has 0 bridgehead atoms. The zero-order chi connectivity index (χ0) is 25.2. The molecule has 1 aliphatic heterocycles. The van der Waals surface area contributed by atoms with Crippen molar-refractivity contribution in [3.63, 3.8) is 0 Å². The molecule has 1 aromatic carbocycles. The van der Waals surface area contributed by atoms with Crippen molar-refractivity contribution in [2.45, 2.75) is 31.2 Å². The van der Waals surface area contributed by atoms with E-state index in [1.807, 2.05) is 4.90 Å². The van der Waals surface area contributed by atoms with Crippen molar-refractivity contribution in [1.82, 2.24) is 4.98 Å². The van der Waals surface area contributed by atoms with E-state index in [4.69, 9.17) is 15.6 Å². The Balaban J connectivity index is 1.60. The maximum absolute atomic E-state index is 13.0. The molecule has 2 aliphatic carbocycles. The summed E-state index contributed by atoms with van der Waals surface area (Å²) in [5.41, 5.74) is 6.21. The Morgan fingerprint density at radius 2 is 1.89 bits per heavy atom. The number of fused-ring (bicyclic) bond motifs is 4. The molecule has 0 spiro atoms. The molecular formula is C22H20F3N3O7. The predicted octanol–water partition coefficient (Wildman–Crippen LogP) is 2.29. The minimum Gasteiger partial charge on any atom is -0.504 e. The first-order valence-corrected chi connectivity index (χ1v) is 10.8. The van der Waals surface area contributed by atoms with Crippen LogP contribution in [0.25, 0.3) is 11.3 Å². The number of carbonyl (C=O) groups is 2. The second kappa shape index (κ2) is 7.90. The summed E-state index contributed by atoms with van der Waals surface area (Å²) in [7, 11) is 0. The van der Waals surface area contributed by atoms with Crippen molar-refractivity contribution in [2.24, 2.45) is 17.6 Å². The predicted molar refractivity (Wildman–Crippen MR) is 113 cm³/mol. The lowest BCUT2D eigenvalue weighted by Gasteiger charge is -2.25. The fourth-order valence-electron chi connectivity index (χ4n) is 5.04. The molecule has 2 fully saturated rings. The van der Waals surface area contributed by atoms with Crippen LogP contribution in [-0.2, 0) is 16.0 Å². The van der Waals surface area contributed by atoms with E-state index in [0.29, 0.717) is 30.6 Å². The van der Waals surface area contributed by atoms with E-state index < -0.39 is 41.5 Å². The summed E-state index contributed by atoms with van der Waals surface area (Å²) in [5, 5.41) is 19.4. The van der Waals surface area contributed by atoms with Crippen LogP contribution in [0.3, 0.4) is 0 Å². The van der Waals surface area contributed by atoms with Crippen molar-refractivity contribution in [3.8, 4) is 22.8 Å². The number of nitrogens with two attached hydrogens (primary N) is 1. The number of nitrogens with zero attached hydrogens (tertiary/aromatic N) is 1. The summed E-state index contributed by atoms with van der Waals surface area (Å²) in [6.45, 7) is 1.36. The molecule has 0 amide bonds. The zero-order valence-corrected chi connectivity index (χ0v) is 18.0. The molecule has 35 heavy (non-hydrogen) atoms. The van der Waals surface area contributed by atoms with Gasteiger partial charge in [-0.1, -0.05) is 6.07 Å². The molecule has 4 atom stereocenters. The number of carbonyl (C=O) groups excluding carboxylic acids is 1. The highest BCUT2D eigenvalue weighted by molar-refractivity contribution is 5.78. The minimum atomic E-state index is -5.22. The van der Waals surface area contributed by atoms with Crippen LogP contribution >= 0.6 is 0 Å². The molecule has 3 aliphatic rings. The van der Waals surface area contributed by atoms with Crippen LogP contribution in [0.5, 0.6) is 11.5 Å². The summed E-state index contributed by atoms with van der Waals surface area (Å²) in [6.07, 6.45) is -8.71. The van der Waals surface area contributed by atoms with Gasteiger partial charge in [0.1, 0.15) is 6.10 Å². The van der Waals surface area contributed by atoms with Gasteiger partial charge in [-0.2, -0.15) is 13.2 Å². The van der Waals surface area contributed by atoms with E-state index in [0.717, 1.165) is 0 Å². The lowest BCUT2D eigenvalue weighted by Crippen LogP contribution is -2.29. The summed E-state index contributed by atoms with van der Waals surface area (Å²) < 4.78 is 48.2. The highest BCUT2D eigenvalue weighted by Crippen LogP contribution is 2.48. The Morgan fingerprint density at radius 3 is 2.51 bits per heavy atom. The van der Waals surface area contributed by atoms with Crippen molar-refractivity contribution >= 4 is 17.8 Å². The number of hydrogen-bond donors (Lipinski definition) is 4. The highest BCUT2D eigenvalue weighted by atomic mass is 19.4. The van der Waals surface area contributed by atoms with Crippen molar-refractivity contribution < 1.29 is 42.4 Å². The molecule has 2 aromatic rings. The first-order chi connectivity index (χ1) is 16.5. The van der Waals surface area contributed by atoms with Crippen LogP contribution in [-0.4, -0.2) is 52.6 Å². The van der Waals surface area contributed by atoms with Gasteiger partial charge in [-0.05, 0) is 36.8 Å². The lowest BCUT2D eigenvalue weighted by atomic mass is 9.98. The van der Waals surface area contributed by atoms with Gasteiger partial charge in [0.2, 0.25) is 5.75 Å². The van der Waals surface area contributed by atoms with Gasteiger partial charge < -0.3 is 35.3 Å². The number of aromatic nitrogens is 1. The number of ether oxygens (including phenoxy) is 2. The third-order valence-corrected chi connectivity index (χ3v) is 6.85. The number of aromatic amines is 1. The molecule has 2 unspecified atom stereocenters. The molecule has 5 N–H and O–H groups in total. The number of hydrogen-bond acceptors (Lipinski definition) is 8. The number of anilines is 1. The largest absolute Gasteiger partial charge is 0.511 e. The summed E-state index contributed by atoms with van der Waals surface area (Å²) in [4.78, 5) is 39.6. The molecule has 186 valence electrons. The fourth-order valence-corrected chi connectivity index (χ4v) is 5.04. The van der Waals surface area contributed by atoms with Crippen molar-refractivity contribution in [3.05, 3.63) is 39.7 Å². The van der Waals surface area contributed by atoms with Gasteiger partial charge in [0.25, 0.3) is 5.56 Å². The number of pyridine rings is 1. The maximum Gasteiger partial charge on any atom is 0.511 e. The van der Waals surface area contributed by atoms with E-state index in [9.17, 15) is 32.7 Å². The minimum absolute atomic E-state index is 0.0498. The van der Waals surface area contributed by atoms with Crippen molar-refractivity contribution in [1.29, 1.82) is 0 Å². The molecule has 13 heteroatoms. The molecule has 1 aromatic heterocycles. The Morgan fingerprint density at radius 1 is 1.20 bits per heavy atom. The number of alkyl halides is 3. The topological polar surface area (TPSA) is 155 Å². The summed E-state index contributed by atoms with van der Waals surface area (Å²) in [6, 6.07) is 5.01. The number of aromatic hydroxyl groups is 1. The van der Waals surface area contributed by atoms with Gasteiger partial charge in [-0.25, -0.2) is 9.59 Å². The van der Waals surface area contributed by atoms with Crippen LogP contribution in [0.4, 0.5) is 23.7 Å². The van der Waals surface area contributed by atoms with E-state index in [-0.39, 0.29) is 41.3 Å². The maximum atomic E-state index is 13.0. The Kier molecular flexibility index (Phi) is 5.20. The first kappa shape index (κ1) is 23.0. The van der Waals surface area contributed by atoms with Crippen LogP contribution in [0.15, 0.2) is 23.0 Å². The molecule has 10 nitrogen and oxygen atoms in total. The third kappa shape index (κ3) is 3.95. The van der Waals surface area contributed by atoms with Gasteiger partial charge in [0, 0.05) is 41.5 Å². The Labute approximate surface area is 195 Å². The smallest absolute Gasteiger partial charge is 0.504 e. The van der Waals surface area contributed by atoms with Crippen LogP contribution < -0.4 is 20.9 Å². The number of carboxylic acid groups (broad SMARTS) is 1. The zero-order valence-electron chi connectivity index (χ0n) is 18.0. The second-order valence-electron chi connectivity index (χ2n) is 8.87. The average Bonchev–Trinajstić information content (AvgIpc) is 3.21. The normalized spacial score (nSPS) is 24.6. The summed E-state index contributed by atoms with van der Waals surface area (Å²) in [5.74, 6) is -3.29. The number of benzene rings is 1. The second-order valence-corrected chi connectivity index (χ2v) is 8.87. The number of esters is 1. The lowest BCUT2D eigenvalue weighted by molar-refractivity contribution is -0.205. The SMILES string of the molecule is NC1[C@H]2CN(c3ccc4c(c3)C(OC(=O)C(F)(F)F)CCc3c-4[nH]c(=O)c(OC(=O)O)c3O)C[C@@H]12. The Bertz CT molecular complexity index is 1280. The first-order valence-electron chi connectivity index (χ1n) is 10.8. The van der Waals surface area contributed by atoms with Crippen LogP contribution in [0.2, 0.25) is 0 Å². The summed E-state index contributed by atoms with van der Waals surface area (Å²) >= 11 is 0. The number of halogens is 3. The highest BCUT2D eigenvalue weighted by Gasteiger charge is 2.53. The monoisotopic (exact) mass is 495 g/mol. The van der Waals surface area contributed by atoms with E-state index in [1.165, 1.54) is 0 Å². The van der Waals surface area contributed by atoms with Crippen LogP contribution in [0, 0.1) is 11.8 Å². The van der Waals surface area contributed by atoms with Gasteiger partial charge in [0.05, 0.1) is 5.69 Å². The van der Waals surface area contributed by atoms with Gasteiger partial charge in [-0.3, -0.25) is 4.79 Å². The molecule has 0 radical (unpaired) electrons. The molecule has 1 saturated carbocycles. The number of H-pyrrole nitrogens is 1. The van der Waals surface area contributed by atoms with Crippen molar-refractivity contribution in [2.75, 3.05) is 18.0 Å². The molecule has 1 saturated heterocycles. The van der Waals surface area contributed by atoms with E-state index >= 15 is 0 Å². The van der Waals surface area contributed by atoms with Gasteiger partial charge >= 0.3 is 18.3 Å². The number of piperidine rings is 1. The molecular weight excluding hydrogens is 475 g/mol. The number of rotatable bonds is 3. The van der Waals surface area contributed by atoms with Gasteiger partial charge in [0.15, 0.2) is 5.75 Å². The fraction of sp³-hybridized carbons (Fsp3) is 0.409. The standard InChI is InChI=1S/C22H20F3N3O7/c23-22(24,25)20(31)34-14-4-3-10-16(27-19(30)18(17(10)29)35-21(32)33)9-2-1-8(5-11(9)14)28-6-12-13(7-28)15(12)26/h1-2,5,12-15H,3-4,6-7,26H2,(H,32,33)(H2,27,29,30)/t12-,13+,14?,15?. The number of nitrogens with one attached hydrogen (secondary N) is 1. The third-order valence-electron chi connectivity index (χ3n) is 6.85. The van der Waals surface area contributed by atoms with Gasteiger partial charge in [-0.15, -0.1) is 0 Å². The molecule has 2 heterocycles. The Hall–Kier alpha value is -3.74. The van der Waals surface area contributed by atoms with E-state index in [1.54, 1.807) is 18.2 Å². The average molecular weight is 495 g/mol. The van der Waals surface area contributed by atoms with E-state index in [2.05, 4.69) is 9.72 Å². The van der Waals surface area contributed by atoms with Crippen LogP contribution in [0.1, 0.15) is 23.7 Å². The quantitative estimate of drug-likeness (QED) is 0.469.